The first-order valence-electron chi connectivity index (χ1n) is 6.99. The Morgan fingerprint density at radius 2 is 1.86 bits per heavy atom. The lowest BCUT2D eigenvalue weighted by Gasteiger charge is -2.28. The molecular formula is C17H15FN2O2. The highest BCUT2D eigenvalue weighted by Crippen LogP contribution is 2.34. The van der Waals surface area contributed by atoms with Crippen LogP contribution in [-0.2, 0) is 9.59 Å². The fourth-order valence-corrected chi connectivity index (χ4v) is 2.71. The highest BCUT2D eigenvalue weighted by atomic mass is 19.1. The Balaban J connectivity index is 1.96. The third kappa shape index (κ3) is 2.45. The van der Waals surface area contributed by atoms with Crippen molar-refractivity contribution in [2.24, 2.45) is 0 Å². The summed E-state index contributed by atoms with van der Waals surface area (Å²) in [5.74, 6) is -1.58. The first kappa shape index (κ1) is 14.3. The van der Waals surface area contributed by atoms with E-state index < -0.39 is 11.7 Å². The molecule has 2 aromatic rings. The Labute approximate surface area is 127 Å². The Kier molecular flexibility index (Phi) is 3.63. The van der Waals surface area contributed by atoms with Gasteiger partial charge in [0.15, 0.2) is 0 Å². The number of amides is 2. The van der Waals surface area contributed by atoms with Crippen LogP contribution in [0.3, 0.4) is 0 Å². The van der Waals surface area contributed by atoms with Gasteiger partial charge in [0.25, 0.3) is 0 Å². The molecule has 3 rings (SSSR count). The number of nitrogens with zero attached hydrogens (tertiary/aromatic N) is 1. The zero-order valence-electron chi connectivity index (χ0n) is 12.0. The summed E-state index contributed by atoms with van der Waals surface area (Å²) in [5.41, 5.74) is 1.60. The van der Waals surface area contributed by atoms with E-state index in [9.17, 15) is 14.0 Å². The molecule has 1 N–H and O–H groups in total. The lowest BCUT2D eigenvalue weighted by molar-refractivity contribution is -0.124. The van der Waals surface area contributed by atoms with E-state index in [1.807, 2.05) is 12.1 Å². The van der Waals surface area contributed by atoms with Crippen molar-refractivity contribution >= 4 is 23.2 Å². The van der Waals surface area contributed by atoms with Crippen LogP contribution in [0.5, 0.6) is 0 Å². The van der Waals surface area contributed by atoms with Crippen molar-refractivity contribution in [3.63, 3.8) is 0 Å². The van der Waals surface area contributed by atoms with E-state index in [2.05, 4.69) is 5.32 Å². The average molecular weight is 298 g/mol. The molecule has 0 aromatic heterocycles. The first-order chi connectivity index (χ1) is 10.6. The second-order valence-corrected chi connectivity index (χ2v) is 5.24. The number of nitrogens with one attached hydrogen (secondary N) is 1. The van der Waals surface area contributed by atoms with Gasteiger partial charge in [0, 0.05) is 19.2 Å². The van der Waals surface area contributed by atoms with E-state index in [1.54, 1.807) is 30.3 Å². The topological polar surface area (TPSA) is 49.4 Å². The summed E-state index contributed by atoms with van der Waals surface area (Å²) in [6.45, 7) is 0. The molecule has 1 aliphatic rings. The summed E-state index contributed by atoms with van der Waals surface area (Å²) >= 11 is 0. The minimum absolute atomic E-state index is 0.0641. The summed E-state index contributed by atoms with van der Waals surface area (Å²) in [5, 5.41) is 2.75. The maximum absolute atomic E-state index is 13.9. The summed E-state index contributed by atoms with van der Waals surface area (Å²) in [6, 6.07) is 13.3. The Morgan fingerprint density at radius 3 is 2.64 bits per heavy atom. The second-order valence-electron chi connectivity index (χ2n) is 5.24. The Hall–Kier alpha value is -2.69. The number of hydrogen-bond donors (Lipinski definition) is 1. The zero-order valence-corrected chi connectivity index (χ0v) is 12.0. The van der Waals surface area contributed by atoms with Gasteiger partial charge in [-0.25, -0.2) is 4.39 Å². The summed E-state index contributed by atoms with van der Waals surface area (Å²) < 4.78 is 13.9. The third-order valence-corrected chi connectivity index (χ3v) is 3.84. The molecule has 22 heavy (non-hydrogen) atoms. The van der Waals surface area contributed by atoms with Crippen molar-refractivity contribution in [2.75, 3.05) is 17.3 Å². The largest absolute Gasteiger partial charge is 0.326 e. The van der Waals surface area contributed by atoms with E-state index >= 15 is 0 Å². The lowest BCUT2D eigenvalue weighted by atomic mass is 9.89. The van der Waals surface area contributed by atoms with Gasteiger partial charge in [-0.3, -0.25) is 9.59 Å². The van der Waals surface area contributed by atoms with Crippen molar-refractivity contribution in [1.29, 1.82) is 0 Å². The smallest absolute Gasteiger partial charge is 0.234 e. The Morgan fingerprint density at radius 1 is 1.18 bits per heavy atom. The summed E-state index contributed by atoms with van der Waals surface area (Å²) in [4.78, 5) is 25.8. The Bertz CT molecular complexity index is 745. The van der Waals surface area contributed by atoms with Crippen molar-refractivity contribution in [1.82, 2.24) is 0 Å². The first-order valence-corrected chi connectivity index (χ1v) is 6.99. The maximum Gasteiger partial charge on any atom is 0.234 e. The molecule has 1 atom stereocenters. The molecule has 5 heteroatoms. The highest BCUT2D eigenvalue weighted by molar-refractivity contribution is 6.05. The SMILES string of the molecule is CN(C(=O)[C@@H]1CC(=O)Nc2ccccc21)c1ccccc1F. The van der Waals surface area contributed by atoms with Gasteiger partial charge in [0.05, 0.1) is 11.6 Å². The molecule has 2 aromatic carbocycles. The van der Waals surface area contributed by atoms with Gasteiger partial charge in [-0.15, -0.1) is 0 Å². The minimum atomic E-state index is -0.602. The molecule has 1 heterocycles. The molecule has 1 aliphatic heterocycles. The predicted octanol–water partition coefficient (Wildman–Crippen LogP) is 2.91. The van der Waals surface area contributed by atoms with Crippen LogP contribution in [0.1, 0.15) is 17.9 Å². The molecule has 0 aliphatic carbocycles. The number of carbonyl (C=O) groups excluding carboxylic acids is 2. The number of rotatable bonds is 2. The van der Waals surface area contributed by atoms with Crippen molar-refractivity contribution in [3.05, 3.63) is 59.9 Å². The van der Waals surface area contributed by atoms with Crippen LogP contribution in [0.25, 0.3) is 0 Å². The van der Waals surface area contributed by atoms with Gasteiger partial charge >= 0.3 is 0 Å². The summed E-state index contributed by atoms with van der Waals surface area (Å²) in [7, 11) is 1.52. The molecule has 0 unspecified atom stereocenters. The van der Waals surface area contributed by atoms with Crippen molar-refractivity contribution < 1.29 is 14.0 Å². The van der Waals surface area contributed by atoms with E-state index in [1.165, 1.54) is 18.0 Å². The van der Waals surface area contributed by atoms with Crippen LogP contribution in [-0.4, -0.2) is 18.9 Å². The van der Waals surface area contributed by atoms with Gasteiger partial charge < -0.3 is 10.2 Å². The average Bonchev–Trinajstić information content (AvgIpc) is 2.53. The number of fused-ring (bicyclic) bond motifs is 1. The van der Waals surface area contributed by atoms with Gasteiger partial charge in [-0.05, 0) is 23.8 Å². The highest BCUT2D eigenvalue weighted by Gasteiger charge is 2.33. The predicted molar refractivity (Wildman–Crippen MR) is 82.2 cm³/mol. The molecule has 0 spiro atoms. The zero-order chi connectivity index (χ0) is 15.7. The molecule has 0 radical (unpaired) electrons. The normalized spacial score (nSPS) is 16.6. The van der Waals surface area contributed by atoms with E-state index in [4.69, 9.17) is 0 Å². The summed E-state index contributed by atoms with van der Waals surface area (Å²) in [6.07, 6.45) is 0.0641. The van der Waals surface area contributed by atoms with Crippen LogP contribution in [0.4, 0.5) is 15.8 Å². The molecule has 0 bridgehead atoms. The molecule has 0 saturated heterocycles. The number of para-hydroxylation sites is 2. The van der Waals surface area contributed by atoms with Gasteiger partial charge in [0.2, 0.25) is 11.8 Å². The third-order valence-electron chi connectivity index (χ3n) is 3.84. The van der Waals surface area contributed by atoms with Crippen LogP contribution >= 0.6 is 0 Å². The van der Waals surface area contributed by atoms with Crippen LogP contribution in [0.2, 0.25) is 0 Å². The molecule has 4 nitrogen and oxygen atoms in total. The second kappa shape index (κ2) is 5.60. The maximum atomic E-state index is 13.9. The molecule has 2 amide bonds. The number of hydrogen-bond acceptors (Lipinski definition) is 2. The van der Waals surface area contributed by atoms with E-state index in [0.717, 1.165) is 5.56 Å². The fraction of sp³-hybridized carbons (Fsp3) is 0.176. The van der Waals surface area contributed by atoms with Crippen molar-refractivity contribution in [3.8, 4) is 0 Å². The number of halogens is 1. The molecule has 0 saturated carbocycles. The van der Waals surface area contributed by atoms with Crippen LogP contribution < -0.4 is 10.2 Å². The molecule has 112 valence electrons. The van der Waals surface area contributed by atoms with Gasteiger partial charge in [-0.2, -0.15) is 0 Å². The molecule has 0 fully saturated rings. The number of benzene rings is 2. The minimum Gasteiger partial charge on any atom is -0.326 e. The van der Waals surface area contributed by atoms with E-state index in [0.29, 0.717) is 5.69 Å². The monoisotopic (exact) mass is 298 g/mol. The number of anilines is 2. The van der Waals surface area contributed by atoms with Gasteiger partial charge in [0.1, 0.15) is 5.82 Å². The fourth-order valence-electron chi connectivity index (χ4n) is 2.71. The quantitative estimate of drug-likeness (QED) is 0.926. The lowest BCUT2D eigenvalue weighted by Crippen LogP contribution is -2.36. The number of likely N-dealkylation sites (N-methyl/N-ethyl adjacent to an activating group) is 1. The standard InChI is InChI=1S/C17H15FN2O2/c1-20(15-9-5-3-7-13(15)18)17(22)12-10-16(21)19-14-8-4-2-6-11(12)14/h2-9,12H,10H2,1H3,(H,19,21)/t12-/m1/s1. The van der Waals surface area contributed by atoms with Crippen molar-refractivity contribution in [2.45, 2.75) is 12.3 Å². The van der Waals surface area contributed by atoms with Crippen LogP contribution in [0.15, 0.2) is 48.5 Å². The van der Waals surface area contributed by atoms with E-state index in [-0.39, 0.29) is 23.9 Å². The van der Waals surface area contributed by atoms with Crippen LogP contribution in [0, 0.1) is 5.82 Å². The number of carbonyl (C=O) groups is 2. The van der Waals surface area contributed by atoms with Gasteiger partial charge in [-0.1, -0.05) is 30.3 Å². The molecular weight excluding hydrogens is 283 g/mol.